The maximum absolute atomic E-state index is 5.75. The predicted molar refractivity (Wildman–Crippen MR) is 59.2 cm³/mol. The fourth-order valence-electron chi connectivity index (χ4n) is 1.51. The van der Waals surface area contributed by atoms with Gasteiger partial charge in [0.15, 0.2) is 0 Å². The number of fused-ring (bicyclic) bond motifs is 1. The first-order valence-electron chi connectivity index (χ1n) is 4.47. The Kier molecular flexibility index (Phi) is 2.34. The minimum atomic E-state index is 0.246. The fourth-order valence-corrected chi connectivity index (χ4v) is 2.29. The Hall–Kier alpha value is -0.860. The highest BCUT2D eigenvalue weighted by atomic mass is 32.1. The van der Waals surface area contributed by atoms with E-state index in [1.807, 2.05) is 6.92 Å². The Balaban J connectivity index is 2.37. The number of hydrogen-bond acceptors (Lipinski definition) is 2. The van der Waals surface area contributed by atoms with E-state index in [0.717, 1.165) is 6.42 Å². The van der Waals surface area contributed by atoms with E-state index in [1.165, 1.54) is 15.6 Å². The van der Waals surface area contributed by atoms with Gasteiger partial charge in [-0.3, -0.25) is 0 Å². The molecule has 0 aliphatic carbocycles. The summed E-state index contributed by atoms with van der Waals surface area (Å²) in [6.45, 7) is 2.04. The molecule has 0 saturated heterocycles. The van der Waals surface area contributed by atoms with E-state index in [9.17, 15) is 0 Å². The first-order chi connectivity index (χ1) is 6.25. The van der Waals surface area contributed by atoms with Crippen LogP contribution in [0, 0.1) is 0 Å². The lowest BCUT2D eigenvalue weighted by Crippen LogP contribution is -2.17. The Morgan fingerprint density at radius 3 is 3.00 bits per heavy atom. The fraction of sp³-hybridized carbons (Fsp3) is 0.273. The van der Waals surface area contributed by atoms with Crippen molar-refractivity contribution < 1.29 is 0 Å². The van der Waals surface area contributed by atoms with Crippen molar-refractivity contribution in [2.45, 2.75) is 19.4 Å². The first kappa shape index (κ1) is 8.73. The molecule has 0 aliphatic heterocycles. The number of hydrogen-bond donors (Lipinski definition) is 1. The van der Waals surface area contributed by atoms with Crippen LogP contribution in [-0.2, 0) is 6.42 Å². The van der Waals surface area contributed by atoms with Gasteiger partial charge in [0.05, 0.1) is 0 Å². The van der Waals surface area contributed by atoms with Gasteiger partial charge in [-0.05, 0) is 41.8 Å². The van der Waals surface area contributed by atoms with Gasteiger partial charge in [-0.1, -0.05) is 12.1 Å². The Morgan fingerprint density at radius 1 is 1.38 bits per heavy atom. The zero-order chi connectivity index (χ0) is 9.26. The van der Waals surface area contributed by atoms with E-state index >= 15 is 0 Å². The molecule has 13 heavy (non-hydrogen) atoms. The third kappa shape index (κ3) is 1.90. The van der Waals surface area contributed by atoms with Gasteiger partial charge in [0, 0.05) is 10.7 Å². The van der Waals surface area contributed by atoms with E-state index in [0.29, 0.717) is 0 Å². The van der Waals surface area contributed by atoms with Crippen molar-refractivity contribution in [1.29, 1.82) is 0 Å². The first-order valence-corrected chi connectivity index (χ1v) is 5.35. The largest absolute Gasteiger partial charge is 0.328 e. The highest BCUT2D eigenvalue weighted by Gasteiger charge is 1.99. The van der Waals surface area contributed by atoms with E-state index in [4.69, 9.17) is 5.73 Å². The lowest BCUT2D eigenvalue weighted by Gasteiger charge is -2.04. The van der Waals surface area contributed by atoms with Crippen molar-refractivity contribution in [3.63, 3.8) is 0 Å². The van der Waals surface area contributed by atoms with Crippen LogP contribution in [0.2, 0.25) is 0 Å². The second-order valence-corrected chi connectivity index (χ2v) is 4.42. The lowest BCUT2D eigenvalue weighted by molar-refractivity contribution is 0.739. The summed E-state index contributed by atoms with van der Waals surface area (Å²) in [5.74, 6) is 0. The summed E-state index contributed by atoms with van der Waals surface area (Å²) in [4.78, 5) is 0. The van der Waals surface area contributed by atoms with Gasteiger partial charge in [0.1, 0.15) is 0 Å². The van der Waals surface area contributed by atoms with Crippen LogP contribution in [-0.4, -0.2) is 6.04 Å². The Labute approximate surface area is 82.2 Å². The van der Waals surface area contributed by atoms with Crippen LogP contribution in [0.5, 0.6) is 0 Å². The molecule has 1 heterocycles. The summed E-state index contributed by atoms with van der Waals surface area (Å²) < 4.78 is 1.36. The minimum Gasteiger partial charge on any atom is -0.328 e. The van der Waals surface area contributed by atoms with Gasteiger partial charge in [-0.15, -0.1) is 11.3 Å². The standard InChI is InChI=1S/C11H13NS/c1-8(12)6-9-2-3-11-10(7-9)4-5-13-11/h2-5,7-8H,6,12H2,1H3. The molecule has 0 aliphatic rings. The third-order valence-electron chi connectivity index (χ3n) is 2.07. The quantitative estimate of drug-likeness (QED) is 0.776. The molecule has 0 radical (unpaired) electrons. The molecule has 1 atom stereocenters. The van der Waals surface area contributed by atoms with E-state index < -0.39 is 0 Å². The molecule has 0 fully saturated rings. The molecule has 68 valence electrons. The molecule has 0 saturated carbocycles. The van der Waals surface area contributed by atoms with Crippen molar-refractivity contribution in [2.24, 2.45) is 5.73 Å². The molecule has 1 nitrogen and oxygen atoms in total. The SMILES string of the molecule is CC(N)Cc1ccc2sccc2c1. The van der Waals surface area contributed by atoms with Crippen molar-refractivity contribution in [1.82, 2.24) is 0 Å². The average Bonchev–Trinajstić information content (AvgIpc) is 2.49. The highest BCUT2D eigenvalue weighted by Crippen LogP contribution is 2.22. The molecule has 2 aromatic rings. The monoisotopic (exact) mass is 191 g/mol. The van der Waals surface area contributed by atoms with Gasteiger partial charge < -0.3 is 5.73 Å². The van der Waals surface area contributed by atoms with E-state index in [-0.39, 0.29) is 6.04 Å². The molecular weight excluding hydrogens is 178 g/mol. The molecular formula is C11H13NS. The molecule has 1 unspecified atom stereocenters. The molecule has 2 heteroatoms. The summed E-state index contributed by atoms with van der Waals surface area (Å²) in [6.07, 6.45) is 0.964. The number of benzene rings is 1. The van der Waals surface area contributed by atoms with Gasteiger partial charge in [-0.25, -0.2) is 0 Å². The van der Waals surface area contributed by atoms with Gasteiger partial charge in [0.2, 0.25) is 0 Å². The average molecular weight is 191 g/mol. The van der Waals surface area contributed by atoms with Gasteiger partial charge >= 0.3 is 0 Å². The van der Waals surface area contributed by atoms with E-state index in [2.05, 4.69) is 29.6 Å². The van der Waals surface area contributed by atoms with Crippen molar-refractivity contribution in [3.05, 3.63) is 35.2 Å². The number of nitrogens with two attached hydrogens (primary N) is 1. The van der Waals surface area contributed by atoms with Crippen molar-refractivity contribution in [2.75, 3.05) is 0 Å². The summed E-state index contributed by atoms with van der Waals surface area (Å²) in [5.41, 5.74) is 7.08. The van der Waals surface area contributed by atoms with Crippen LogP contribution in [0.4, 0.5) is 0 Å². The van der Waals surface area contributed by atoms with Crippen LogP contribution in [0.3, 0.4) is 0 Å². The van der Waals surface area contributed by atoms with Crippen LogP contribution in [0.15, 0.2) is 29.6 Å². The zero-order valence-corrected chi connectivity index (χ0v) is 8.47. The molecule has 0 bridgehead atoms. The summed E-state index contributed by atoms with van der Waals surface area (Å²) in [5, 5.41) is 3.46. The van der Waals surface area contributed by atoms with Crippen LogP contribution < -0.4 is 5.73 Å². The molecule has 1 aromatic carbocycles. The van der Waals surface area contributed by atoms with Crippen LogP contribution in [0.1, 0.15) is 12.5 Å². The van der Waals surface area contributed by atoms with Gasteiger partial charge in [-0.2, -0.15) is 0 Å². The van der Waals surface area contributed by atoms with Gasteiger partial charge in [0.25, 0.3) is 0 Å². The zero-order valence-electron chi connectivity index (χ0n) is 7.66. The van der Waals surface area contributed by atoms with Crippen LogP contribution >= 0.6 is 11.3 Å². The second-order valence-electron chi connectivity index (χ2n) is 3.47. The molecule has 0 spiro atoms. The van der Waals surface area contributed by atoms with Crippen molar-refractivity contribution in [3.8, 4) is 0 Å². The summed E-state index contributed by atoms with van der Waals surface area (Å²) in [7, 11) is 0. The summed E-state index contributed by atoms with van der Waals surface area (Å²) in [6, 6.07) is 8.98. The molecule has 1 aromatic heterocycles. The van der Waals surface area contributed by atoms with Crippen molar-refractivity contribution >= 4 is 21.4 Å². The normalized spacial score (nSPS) is 13.4. The number of rotatable bonds is 2. The predicted octanol–water partition coefficient (Wildman–Crippen LogP) is 2.79. The Bertz CT molecular complexity index is 403. The smallest absolute Gasteiger partial charge is 0.0342 e. The van der Waals surface area contributed by atoms with Crippen LogP contribution in [0.25, 0.3) is 10.1 Å². The lowest BCUT2D eigenvalue weighted by atomic mass is 10.1. The Morgan fingerprint density at radius 2 is 2.23 bits per heavy atom. The minimum absolute atomic E-state index is 0.246. The molecule has 2 rings (SSSR count). The molecule has 2 N–H and O–H groups in total. The third-order valence-corrected chi connectivity index (χ3v) is 2.97. The second kappa shape index (κ2) is 3.48. The highest BCUT2D eigenvalue weighted by molar-refractivity contribution is 7.17. The molecule has 0 amide bonds. The summed E-state index contributed by atoms with van der Waals surface area (Å²) >= 11 is 1.78. The maximum Gasteiger partial charge on any atom is 0.0342 e. The topological polar surface area (TPSA) is 26.0 Å². The van der Waals surface area contributed by atoms with E-state index in [1.54, 1.807) is 11.3 Å². The number of thiophene rings is 1. The maximum atomic E-state index is 5.75.